The maximum absolute atomic E-state index is 9.39. The molecule has 0 unspecified atom stereocenters. The van der Waals surface area contributed by atoms with Gasteiger partial charge in [-0.1, -0.05) is 0 Å². The van der Waals surface area contributed by atoms with E-state index in [4.69, 9.17) is 4.74 Å². The fraction of sp³-hybridized carbons (Fsp3) is 0.250. The quantitative estimate of drug-likeness (QED) is 0.789. The van der Waals surface area contributed by atoms with Crippen molar-refractivity contribution in [2.24, 2.45) is 0 Å². The first-order chi connectivity index (χ1) is 5.15. The zero-order valence-electron chi connectivity index (χ0n) is 6.39. The van der Waals surface area contributed by atoms with Crippen molar-refractivity contribution < 1.29 is 9.84 Å². The smallest absolute Gasteiger partial charge is 0.171 e. The van der Waals surface area contributed by atoms with Crippen molar-refractivity contribution >= 4 is 22.6 Å². The lowest BCUT2D eigenvalue weighted by Gasteiger charge is -2.05. The Labute approximate surface area is 79.3 Å². The molecule has 1 aromatic rings. The number of benzene rings is 1. The minimum absolute atomic E-state index is 0.221. The van der Waals surface area contributed by atoms with Gasteiger partial charge in [-0.2, -0.15) is 0 Å². The Kier molecular flexibility index (Phi) is 2.59. The third-order valence-electron chi connectivity index (χ3n) is 1.39. The summed E-state index contributed by atoms with van der Waals surface area (Å²) in [7, 11) is 1.55. The van der Waals surface area contributed by atoms with E-state index >= 15 is 0 Å². The standard InChI is InChI=1S/C8H9IO2/c1-5-3-6(9)8(10)7(4-5)11-2/h3-4,10H,1-2H3. The van der Waals surface area contributed by atoms with Crippen LogP contribution in [0.5, 0.6) is 11.5 Å². The van der Waals surface area contributed by atoms with Crippen LogP contribution in [-0.4, -0.2) is 12.2 Å². The van der Waals surface area contributed by atoms with Gasteiger partial charge in [-0.3, -0.25) is 0 Å². The number of halogens is 1. The lowest BCUT2D eigenvalue weighted by atomic mass is 10.2. The second-order valence-electron chi connectivity index (χ2n) is 2.30. The summed E-state index contributed by atoms with van der Waals surface area (Å²) in [5.41, 5.74) is 1.09. The first kappa shape index (κ1) is 8.64. The monoisotopic (exact) mass is 264 g/mol. The molecular weight excluding hydrogens is 255 g/mol. The minimum Gasteiger partial charge on any atom is -0.504 e. The molecule has 0 heterocycles. The molecule has 1 rings (SSSR count). The maximum Gasteiger partial charge on any atom is 0.171 e. The summed E-state index contributed by atoms with van der Waals surface area (Å²) >= 11 is 2.07. The molecule has 1 N–H and O–H groups in total. The molecule has 0 saturated carbocycles. The van der Waals surface area contributed by atoms with Gasteiger partial charge >= 0.3 is 0 Å². The highest BCUT2D eigenvalue weighted by Gasteiger charge is 2.05. The number of rotatable bonds is 1. The van der Waals surface area contributed by atoms with Crippen LogP contribution in [0.3, 0.4) is 0 Å². The van der Waals surface area contributed by atoms with Gasteiger partial charge in [0.25, 0.3) is 0 Å². The first-order valence-corrected chi connectivity index (χ1v) is 4.26. The Morgan fingerprint density at radius 3 is 2.64 bits per heavy atom. The van der Waals surface area contributed by atoms with Crippen LogP contribution >= 0.6 is 22.6 Å². The van der Waals surface area contributed by atoms with Crippen molar-refractivity contribution in [1.82, 2.24) is 0 Å². The molecule has 0 radical (unpaired) electrons. The average Bonchev–Trinajstić information content (AvgIpc) is 1.96. The number of ether oxygens (including phenoxy) is 1. The molecule has 2 nitrogen and oxygen atoms in total. The number of phenolic OH excluding ortho intramolecular Hbond substituents is 1. The van der Waals surface area contributed by atoms with E-state index in [1.165, 1.54) is 0 Å². The summed E-state index contributed by atoms with van der Waals surface area (Å²) in [5, 5.41) is 9.39. The maximum atomic E-state index is 9.39. The van der Waals surface area contributed by atoms with Gasteiger partial charge in [-0.25, -0.2) is 0 Å². The van der Waals surface area contributed by atoms with E-state index in [0.717, 1.165) is 9.13 Å². The fourth-order valence-electron chi connectivity index (χ4n) is 0.858. The SMILES string of the molecule is COc1cc(C)cc(I)c1O. The van der Waals surface area contributed by atoms with Crippen LogP contribution in [0.1, 0.15) is 5.56 Å². The van der Waals surface area contributed by atoms with E-state index in [0.29, 0.717) is 5.75 Å². The first-order valence-electron chi connectivity index (χ1n) is 3.18. The van der Waals surface area contributed by atoms with Crippen LogP contribution < -0.4 is 4.74 Å². The van der Waals surface area contributed by atoms with Crippen molar-refractivity contribution in [2.45, 2.75) is 6.92 Å². The predicted molar refractivity (Wildman–Crippen MR) is 52.1 cm³/mol. The van der Waals surface area contributed by atoms with E-state index in [1.807, 2.05) is 13.0 Å². The van der Waals surface area contributed by atoms with Crippen LogP contribution in [-0.2, 0) is 0 Å². The van der Waals surface area contributed by atoms with Gasteiger partial charge in [0, 0.05) is 0 Å². The molecule has 0 aromatic heterocycles. The van der Waals surface area contributed by atoms with Gasteiger partial charge in [-0.05, 0) is 47.2 Å². The number of hydrogen-bond donors (Lipinski definition) is 1. The van der Waals surface area contributed by atoms with Gasteiger partial charge in [0.1, 0.15) is 0 Å². The Morgan fingerprint density at radius 1 is 1.45 bits per heavy atom. The third-order valence-corrected chi connectivity index (χ3v) is 2.21. The van der Waals surface area contributed by atoms with Crippen molar-refractivity contribution in [3.63, 3.8) is 0 Å². The third kappa shape index (κ3) is 1.77. The summed E-state index contributed by atoms with van der Waals surface area (Å²) in [4.78, 5) is 0. The molecule has 0 bridgehead atoms. The Morgan fingerprint density at radius 2 is 2.09 bits per heavy atom. The minimum atomic E-state index is 0.221. The fourth-order valence-corrected chi connectivity index (χ4v) is 1.62. The van der Waals surface area contributed by atoms with Gasteiger partial charge in [0.05, 0.1) is 10.7 Å². The largest absolute Gasteiger partial charge is 0.504 e. The number of methoxy groups -OCH3 is 1. The number of aromatic hydroxyl groups is 1. The lowest BCUT2D eigenvalue weighted by molar-refractivity contribution is 0.371. The molecule has 11 heavy (non-hydrogen) atoms. The highest BCUT2D eigenvalue weighted by atomic mass is 127. The van der Waals surface area contributed by atoms with Crippen LogP contribution in [0.15, 0.2) is 12.1 Å². The highest BCUT2D eigenvalue weighted by molar-refractivity contribution is 14.1. The molecule has 0 saturated heterocycles. The van der Waals surface area contributed by atoms with Crippen LogP contribution in [0, 0.1) is 10.5 Å². The van der Waals surface area contributed by atoms with Crippen LogP contribution in [0.4, 0.5) is 0 Å². The van der Waals surface area contributed by atoms with Gasteiger partial charge in [0.2, 0.25) is 0 Å². The summed E-state index contributed by atoms with van der Waals surface area (Å²) in [5.74, 6) is 0.758. The van der Waals surface area contributed by atoms with Gasteiger partial charge < -0.3 is 9.84 Å². The average molecular weight is 264 g/mol. The molecule has 0 atom stereocenters. The summed E-state index contributed by atoms with van der Waals surface area (Å²) in [6.45, 7) is 1.96. The zero-order chi connectivity index (χ0) is 8.43. The molecule has 0 aliphatic rings. The van der Waals surface area contributed by atoms with Gasteiger partial charge in [-0.15, -0.1) is 0 Å². The van der Waals surface area contributed by atoms with E-state index in [1.54, 1.807) is 13.2 Å². The summed E-state index contributed by atoms with van der Waals surface area (Å²) in [6, 6.07) is 3.70. The van der Waals surface area contributed by atoms with Crippen molar-refractivity contribution in [2.75, 3.05) is 7.11 Å². The van der Waals surface area contributed by atoms with Crippen LogP contribution in [0.2, 0.25) is 0 Å². The van der Waals surface area contributed by atoms with Crippen molar-refractivity contribution in [1.29, 1.82) is 0 Å². The van der Waals surface area contributed by atoms with Gasteiger partial charge in [0.15, 0.2) is 11.5 Å². The number of hydrogen-bond acceptors (Lipinski definition) is 2. The molecule has 0 fully saturated rings. The van der Waals surface area contributed by atoms with Crippen molar-refractivity contribution in [3.8, 4) is 11.5 Å². The molecule has 0 aliphatic carbocycles. The summed E-state index contributed by atoms with van der Waals surface area (Å²) < 4.78 is 5.77. The highest BCUT2D eigenvalue weighted by Crippen LogP contribution is 2.31. The van der Waals surface area contributed by atoms with Crippen molar-refractivity contribution in [3.05, 3.63) is 21.3 Å². The second kappa shape index (κ2) is 3.30. The number of phenols is 1. The zero-order valence-corrected chi connectivity index (χ0v) is 8.55. The lowest BCUT2D eigenvalue weighted by Crippen LogP contribution is -1.86. The predicted octanol–water partition coefficient (Wildman–Crippen LogP) is 2.31. The molecular formula is C8H9IO2. The molecule has 60 valence electrons. The number of aryl methyl sites for hydroxylation is 1. The molecule has 0 aliphatic heterocycles. The molecule has 0 spiro atoms. The molecule has 0 amide bonds. The molecule has 1 aromatic carbocycles. The van der Waals surface area contributed by atoms with E-state index in [-0.39, 0.29) is 5.75 Å². The second-order valence-corrected chi connectivity index (χ2v) is 3.46. The van der Waals surface area contributed by atoms with Crippen LogP contribution in [0.25, 0.3) is 0 Å². The molecule has 3 heteroatoms. The Balaban J connectivity index is 3.24. The topological polar surface area (TPSA) is 29.5 Å². The Bertz CT molecular complexity index is 271. The van der Waals surface area contributed by atoms with E-state index in [9.17, 15) is 5.11 Å². The normalized spacial score (nSPS) is 9.73. The van der Waals surface area contributed by atoms with E-state index in [2.05, 4.69) is 22.6 Å². The summed E-state index contributed by atoms with van der Waals surface area (Å²) in [6.07, 6.45) is 0. The van der Waals surface area contributed by atoms with E-state index < -0.39 is 0 Å². The Hall–Kier alpha value is -0.450.